The van der Waals surface area contributed by atoms with Gasteiger partial charge in [0.05, 0.1) is 26.0 Å². The van der Waals surface area contributed by atoms with Crippen molar-refractivity contribution in [3.8, 4) is 17.2 Å². The number of methoxy groups -OCH3 is 2. The Balaban J connectivity index is 1.11. The minimum atomic E-state index is -0.350. The monoisotopic (exact) mass is 634 g/mol. The summed E-state index contributed by atoms with van der Waals surface area (Å²) in [5.41, 5.74) is 5.69. The first kappa shape index (κ1) is 31.9. The van der Waals surface area contributed by atoms with Crippen LogP contribution in [0.3, 0.4) is 0 Å². The fourth-order valence-electron chi connectivity index (χ4n) is 6.37. The van der Waals surface area contributed by atoms with E-state index < -0.39 is 0 Å². The van der Waals surface area contributed by atoms with Gasteiger partial charge in [-0.15, -0.1) is 0 Å². The molecule has 2 aliphatic heterocycles. The van der Waals surface area contributed by atoms with Gasteiger partial charge in [0.25, 0.3) is 11.8 Å². The molecule has 0 aromatic heterocycles. The summed E-state index contributed by atoms with van der Waals surface area (Å²) in [5, 5.41) is 2.96. The minimum Gasteiger partial charge on any atom is -0.496 e. The lowest BCUT2D eigenvalue weighted by Crippen LogP contribution is -2.46. The van der Waals surface area contributed by atoms with Crippen molar-refractivity contribution in [2.24, 2.45) is 0 Å². The molecule has 0 atom stereocenters. The molecule has 2 amide bonds. The molecule has 0 radical (unpaired) electrons. The fourth-order valence-corrected chi connectivity index (χ4v) is 6.37. The van der Waals surface area contributed by atoms with Crippen molar-refractivity contribution in [2.75, 3.05) is 62.1 Å². The second-order valence-corrected chi connectivity index (χ2v) is 12.1. The van der Waals surface area contributed by atoms with Crippen molar-refractivity contribution in [1.29, 1.82) is 0 Å². The van der Waals surface area contributed by atoms with Crippen molar-refractivity contribution in [3.05, 3.63) is 107 Å². The maximum absolute atomic E-state index is 13.9. The number of rotatable bonds is 10. The number of hydrogen-bond acceptors (Lipinski definition) is 7. The molecule has 9 heteroatoms. The Kier molecular flexibility index (Phi) is 9.63. The highest BCUT2D eigenvalue weighted by Crippen LogP contribution is 2.34. The zero-order chi connectivity index (χ0) is 32.9. The first-order valence-corrected chi connectivity index (χ1v) is 16.1. The Hall–Kier alpha value is -5.02. The Morgan fingerprint density at radius 2 is 1.47 bits per heavy atom. The first-order valence-electron chi connectivity index (χ1n) is 16.1. The van der Waals surface area contributed by atoms with Gasteiger partial charge in [0.1, 0.15) is 22.8 Å². The molecule has 1 saturated heterocycles. The van der Waals surface area contributed by atoms with Crippen molar-refractivity contribution in [2.45, 2.75) is 32.9 Å². The van der Waals surface area contributed by atoms with Crippen LogP contribution in [0.4, 0.5) is 17.1 Å². The van der Waals surface area contributed by atoms with Gasteiger partial charge in [-0.1, -0.05) is 36.4 Å². The molecule has 4 aromatic rings. The number of benzene rings is 4. The third kappa shape index (κ3) is 7.05. The van der Waals surface area contributed by atoms with Crippen LogP contribution in [0.15, 0.2) is 84.9 Å². The van der Waals surface area contributed by atoms with Crippen LogP contribution < -0.4 is 29.3 Å². The van der Waals surface area contributed by atoms with E-state index in [0.29, 0.717) is 34.9 Å². The largest absolute Gasteiger partial charge is 0.496 e. The zero-order valence-electron chi connectivity index (χ0n) is 27.5. The highest BCUT2D eigenvalue weighted by molar-refractivity contribution is 6.10. The van der Waals surface area contributed by atoms with Crippen LogP contribution >= 0.6 is 0 Å². The topological polar surface area (TPSA) is 83.6 Å². The number of amides is 2. The van der Waals surface area contributed by atoms with Gasteiger partial charge in [0, 0.05) is 56.2 Å². The number of fused-ring (bicyclic) bond motifs is 1. The van der Waals surface area contributed by atoms with Crippen LogP contribution in [-0.2, 0) is 13.0 Å². The lowest BCUT2D eigenvalue weighted by atomic mass is 10.1. The molecule has 47 heavy (non-hydrogen) atoms. The number of nitrogens with one attached hydrogen (secondary N) is 1. The van der Waals surface area contributed by atoms with Crippen molar-refractivity contribution in [3.63, 3.8) is 0 Å². The summed E-state index contributed by atoms with van der Waals surface area (Å²) in [7, 11) is 3.04. The summed E-state index contributed by atoms with van der Waals surface area (Å²) in [4.78, 5) is 33.8. The van der Waals surface area contributed by atoms with Gasteiger partial charge in [-0.2, -0.15) is 0 Å². The molecule has 1 N–H and O–H groups in total. The molecule has 0 unspecified atom stereocenters. The van der Waals surface area contributed by atoms with Gasteiger partial charge >= 0.3 is 0 Å². The average Bonchev–Trinajstić information content (AvgIpc) is 3.51. The molecule has 1 fully saturated rings. The van der Waals surface area contributed by atoms with E-state index in [1.165, 1.54) is 14.2 Å². The SMILES string of the molecule is COc1cccc(OC)c1C(=O)Nc1ccc2c(c1)N(C(=O)c1cccc(CN3CCN(c4ccccc4OC(C)C)CC3)c1)CC2. The predicted molar refractivity (Wildman–Crippen MR) is 185 cm³/mol. The molecule has 2 aliphatic rings. The van der Waals surface area contributed by atoms with E-state index in [1.807, 2.05) is 53.4 Å². The third-order valence-electron chi connectivity index (χ3n) is 8.66. The second-order valence-electron chi connectivity index (χ2n) is 12.1. The molecular formula is C38H42N4O5. The molecule has 244 valence electrons. The number of anilines is 3. The number of nitrogens with zero attached hydrogens (tertiary/aromatic N) is 3. The van der Waals surface area contributed by atoms with Crippen molar-refractivity contribution in [1.82, 2.24) is 4.90 Å². The van der Waals surface area contributed by atoms with E-state index in [-0.39, 0.29) is 17.9 Å². The Morgan fingerprint density at radius 3 is 2.19 bits per heavy atom. The quantitative estimate of drug-likeness (QED) is 0.220. The standard InChI is InChI=1S/C38H42N4O5/c1-26(2)47-33-12-6-5-11-31(33)41-21-19-40(20-22-41)25-27-9-7-10-29(23-27)38(44)42-18-17-28-15-16-30(24-32(28)42)39-37(43)36-34(45-3)13-8-14-35(36)46-4/h5-16,23-24,26H,17-22,25H2,1-4H3,(H,39,43). The van der Waals surface area contributed by atoms with Crippen LogP contribution in [0.2, 0.25) is 0 Å². The van der Waals surface area contributed by atoms with Crippen LogP contribution in [-0.4, -0.2) is 69.8 Å². The van der Waals surface area contributed by atoms with E-state index >= 15 is 0 Å². The van der Waals surface area contributed by atoms with Gasteiger partial charge in [-0.25, -0.2) is 0 Å². The molecular weight excluding hydrogens is 592 g/mol. The zero-order valence-corrected chi connectivity index (χ0v) is 27.5. The number of piperazine rings is 1. The van der Waals surface area contributed by atoms with E-state index in [0.717, 1.165) is 67.4 Å². The number of ether oxygens (including phenoxy) is 3. The van der Waals surface area contributed by atoms with Gasteiger partial charge in [0.15, 0.2) is 0 Å². The lowest BCUT2D eigenvalue weighted by Gasteiger charge is -2.37. The maximum Gasteiger partial charge on any atom is 0.263 e. The molecule has 0 bridgehead atoms. The number of carbonyl (C=O) groups excluding carboxylic acids is 2. The molecule has 6 rings (SSSR count). The molecule has 4 aromatic carbocycles. The fraction of sp³-hybridized carbons (Fsp3) is 0.316. The van der Waals surface area contributed by atoms with Crippen molar-refractivity contribution >= 4 is 28.9 Å². The Bertz CT molecular complexity index is 1730. The van der Waals surface area contributed by atoms with Crippen molar-refractivity contribution < 1.29 is 23.8 Å². The van der Waals surface area contributed by atoms with Gasteiger partial charge in [-0.3, -0.25) is 14.5 Å². The minimum absolute atomic E-state index is 0.0490. The van der Waals surface area contributed by atoms with E-state index in [4.69, 9.17) is 14.2 Å². The number of hydrogen-bond donors (Lipinski definition) is 1. The van der Waals surface area contributed by atoms with Gasteiger partial charge in [0.2, 0.25) is 0 Å². The molecule has 9 nitrogen and oxygen atoms in total. The third-order valence-corrected chi connectivity index (χ3v) is 8.66. The summed E-state index contributed by atoms with van der Waals surface area (Å²) >= 11 is 0. The normalized spacial score (nSPS) is 14.6. The van der Waals surface area contributed by atoms with Crippen LogP contribution in [0.5, 0.6) is 17.2 Å². The summed E-state index contributed by atoms with van der Waals surface area (Å²) in [6.45, 7) is 9.12. The summed E-state index contributed by atoms with van der Waals surface area (Å²) < 4.78 is 16.9. The van der Waals surface area contributed by atoms with Crippen LogP contribution in [0.25, 0.3) is 0 Å². The van der Waals surface area contributed by atoms with E-state index in [2.05, 4.69) is 47.2 Å². The summed E-state index contributed by atoms with van der Waals surface area (Å²) in [6.07, 6.45) is 0.878. The molecule has 0 aliphatic carbocycles. The summed E-state index contributed by atoms with van der Waals surface area (Å²) in [5.74, 6) is 1.37. The second kappa shape index (κ2) is 14.2. The average molecular weight is 635 g/mol. The Labute approximate surface area is 276 Å². The van der Waals surface area contributed by atoms with E-state index in [9.17, 15) is 9.59 Å². The maximum atomic E-state index is 13.9. The number of carbonyl (C=O) groups is 2. The lowest BCUT2D eigenvalue weighted by molar-refractivity contribution is 0.0987. The van der Waals surface area contributed by atoms with E-state index in [1.54, 1.807) is 18.2 Å². The first-order chi connectivity index (χ1) is 22.8. The summed E-state index contributed by atoms with van der Waals surface area (Å²) in [6, 6.07) is 27.1. The smallest absolute Gasteiger partial charge is 0.263 e. The highest BCUT2D eigenvalue weighted by atomic mass is 16.5. The molecule has 2 heterocycles. The molecule has 0 spiro atoms. The predicted octanol–water partition coefficient (Wildman–Crippen LogP) is 6.27. The number of para-hydroxylation sites is 2. The van der Waals surface area contributed by atoms with Crippen LogP contribution in [0, 0.1) is 0 Å². The highest BCUT2D eigenvalue weighted by Gasteiger charge is 2.27. The van der Waals surface area contributed by atoms with Crippen LogP contribution in [0.1, 0.15) is 45.7 Å². The van der Waals surface area contributed by atoms with Gasteiger partial charge in [-0.05, 0) is 79.9 Å². The molecule has 0 saturated carbocycles. The Morgan fingerprint density at radius 1 is 0.766 bits per heavy atom. The van der Waals surface area contributed by atoms with Gasteiger partial charge < -0.3 is 29.3 Å².